The van der Waals surface area contributed by atoms with Gasteiger partial charge in [0.25, 0.3) is 0 Å². The summed E-state index contributed by atoms with van der Waals surface area (Å²) >= 11 is 18.0. The predicted octanol–water partition coefficient (Wildman–Crippen LogP) is 4.20. The average Bonchev–Trinajstić information content (AvgIpc) is 2.55. The molecule has 140 valence electrons. The third-order valence-corrected chi connectivity index (χ3v) is 6.60. The number of likely N-dealkylation sites (N-methyl/N-ethyl adjacent to an activating group) is 1. The molecule has 0 atom stereocenters. The number of hydrogen-bond donors (Lipinski definition) is 0. The van der Waals surface area contributed by atoms with Crippen LogP contribution in [0.4, 0.5) is 5.69 Å². The highest BCUT2D eigenvalue weighted by Crippen LogP contribution is 2.35. The molecule has 1 aliphatic rings. The Hall–Kier alpha value is -0.690. The molecule has 0 bridgehead atoms. The van der Waals surface area contributed by atoms with Crippen molar-refractivity contribution < 1.29 is 13.2 Å². The number of benzene rings is 1. The third kappa shape index (κ3) is 5.16. The van der Waals surface area contributed by atoms with Crippen LogP contribution < -0.4 is 4.31 Å². The highest BCUT2D eigenvalue weighted by molar-refractivity contribution is 7.92. The molecule has 0 saturated heterocycles. The van der Waals surface area contributed by atoms with Gasteiger partial charge in [-0.3, -0.25) is 9.10 Å². The van der Waals surface area contributed by atoms with Crippen LogP contribution >= 0.6 is 34.8 Å². The molecule has 1 aliphatic carbocycles. The van der Waals surface area contributed by atoms with E-state index in [-0.39, 0.29) is 39.2 Å². The zero-order chi connectivity index (χ0) is 18.8. The fourth-order valence-corrected chi connectivity index (χ4v) is 4.54. The molecule has 25 heavy (non-hydrogen) atoms. The van der Waals surface area contributed by atoms with E-state index in [1.54, 1.807) is 11.9 Å². The standard InChI is InChI=1S/C16H21Cl3N2O3S/c1-20(11-6-4-3-5-7-11)16(22)10-21(25(2,23)24)15-9-13(18)12(17)8-14(15)19/h8-9,11H,3-7,10H2,1-2H3. The largest absolute Gasteiger partial charge is 0.341 e. The summed E-state index contributed by atoms with van der Waals surface area (Å²) in [5, 5.41) is 0.505. The van der Waals surface area contributed by atoms with Crippen LogP contribution in [0.25, 0.3) is 0 Å². The van der Waals surface area contributed by atoms with Crippen molar-refractivity contribution in [2.24, 2.45) is 0 Å². The Bertz CT molecular complexity index is 749. The van der Waals surface area contributed by atoms with Crippen LogP contribution in [0.1, 0.15) is 32.1 Å². The molecule has 0 aliphatic heterocycles. The Morgan fingerprint density at radius 2 is 1.64 bits per heavy atom. The molecular weight excluding hydrogens is 407 g/mol. The summed E-state index contributed by atoms with van der Waals surface area (Å²) in [6.07, 6.45) is 6.24. The zero-order valence-corrected chi connectivity index (χ0v) is 17.2. The van der Waals surface area contributed by atoms with E-state index in [0.717, 1.165) is 36.2 Å². The van der Waals surface area contributed by atoms with Gasteiger partial charge in [0.2, 0.25) is 15.9 Å². The lowest BCUT2D eigenvalue weighted by atomic mass is 9.94. The lowest BCUT2D eigenvalue weighted by Crippen LogP contribution is -2.45. The monoisotopic (exact) mass is 426 g/mol. The lowest BCUT2D eigenvalue weighted by molar-refractivity contribution is -0.130. The molecule has 1 fully saturated rings. The second kappa shape index (κ2) is 8.33. The summed E-state index contributed by atoms with van der Waals surface area (Å²) in [4.78, 5) is 14.3. The van der Waals surface area contributed by atoms with E-state index in [0.29, 0.717) is 0 Å². The summed E-state index contributed by atoms with van der Waals surface area (Å²) in [6.45, 7) is -0.330. The Balaban J connectivity index is 2.27. The molecule has 0 heterocycles. The van der Waals surface area contributed by atoms with Crippen molar-refractivity contribution in [1.29, 1.82) is 0 Å². The van der Waals surface area contributed by atoms with E-state index in [2.05, 4.69) is 0 Å². The highest BCUT2D eigenvalue weighted by Gasteiger charge is 2.28. The van der Waals surface area contributed by atoms with Crippen LogP contribution in [-0.2, 0) is 14.8 Å². The number of rotatable bonds is 5. The lowest BCUT2D eigenvalue weighted by Gasteiger charge is -2.33. The smallest absolute Gasteiger partial charge is 0.243 e. The van der Waals surface area contributed by atoms with Gasteiger partial charge in [0.1, 0.15) is 6.54 Å². The molecule has 0 aromatic heterocycles. The molecule has 0 N–H and O–H groups in total. The third-order valence-electron chi connectivity index (χ3n) is 4.45. The van der Waals surface area contributed by atoms with E-state index >= 15 is 0 Å². The van der Waals surface area contributed by atoms with Crippen molar-refractivity contribution in [3.8, 4) is 0 Å². The van der Waals surface area contributed by atoms with Gasteiger partial charge in [-0.1, -0.05) is 54.1 Å². The molecule has 0 unspecified atom stereocenters. The Morgan fingerprint density at radius 3 is 2.20 bits per heavy atom. The maximum atomic E-state index is 12.7. The van der Waals surface area contributed by atoms with Gasteiger partial charge in [-0.2, -0.15) is 0 Å². The van der Waals surface area contributed by atoms with E-state index in [1.807, 2.05) is 0 Å². The fourth-order valence-electron chi connectivity index (χ4n) is 2.99. The number of anilines is 1. The predicted molar refractivity (Wildman–Crippen MR) is 103 cm³/mol. The van der Waals surface area contributed by atoms with E-state index in [9.17, 15) is 13.2 Å². The molecule has 1 aromatic carbocycles. The molecular formula is C16H21Cl3N2O3S. The molecule has 1 aromatic rings. The van der Waals surface area contributed by atoms with Gasteiger partial charge in [-0.05, 0) is 25.0 Å². The number of carbonyl (C=O) groups excluding carboxylic acids is 1. The van der Waals surface area contributed by atoms with Gasteiger partial charge in [0, 0.05) is 13.1 Å². The first-order valence-corrected chi connectivity index (χ1v) is 11.0. The molecule has 5 nitrogen and oxygen atoms in total. The normalized spacial score (nSPS) is 15.9. The van der Waals surface area contributed by atoms with Crippen molar-refractivity contribution in [1.82, 2.24) is 4.90 Å². The van der Waals surface area contributed by atoms with E-state index in [1.165, 1.54) is 18.6 Å². The molecule has 1 saturated carbocycles. The van der Waals surface area contributed by atoms with Crippen molar-refractivity contribution in [3.63, 3.8) is 0 Å². The number of carbonyl (C=O) groups is 1. The maximum absolute atomic E-state index is 12.7. The second-order valence-corrected chi connectivity index (χ2v) is 9.41. The molecule has 1 amide bonds. The van der Waals surface area contributed by atoms with Crippen LogP contribution in [0.2, 0.25) is 15.1 Å². The number of nitrogens with zero attached hydrogens (tertiary/aromatic N) is 2. The Morgan fingerprint density at radius 1 is 1.08 bits per heavy atom. The molecule has 9 heteroatoms. The number of sulfonamides is 1. The van der Waals surface area contributed by atoms with E-state index in [4.69, 9.17) is 34.8 Å². The SMILES string of the molecule is CN(C(=O)CN(c1cc(Cl)c(Cl)cc1Cl)S(C)(=O)=O)C1CCCCC1. The van der Waals surface area contributed by atoms with Gasteiger partial charge >= 0.3 is 0 Å². The zero-order valence-electron chi connectivity index (χ0n) is 14.1. The first kappa shape index (κ1) is 20.6. The first-order valence-electron chi connectivity index (χ1n) is 7.99. The summed E-state index contributed by atoms with van der Waals surface area (Å²) < 4.78 is 25.4. The molecule has 0 radical (unpaired) electrons. The number of halogens is 3. The van der Waals surface area contributed by atoms with Crippen LogP contribution in [0.15, 0.2) is 12.1 Å². The van der Waals surface area contributed by atoms with Crippen molar-refractivity contribution in [2.75, 3.05) is 24.2 Å². The summed E-state index contributed by atoms with van der Waals surface area (Å²) in [7, 11) is -2.01. The number of hydrogen-bond acceptors (Lipinski definition) is 3. The minimum absolute atomic E-state index is 0.118. The summed E-state index contributed by atoms with van der Waals surface area (Å²) in [5.74, 6) is -0.278. The molecule has 0 spiro atoms. The Labute approximate surface area is 163 Å². The van der Waals surface area contributed by atoms with Crippen LogP contribution in [-0.4, -0.2) is 45.1 Å². The minimum atomic E-state index is -3.73. The fraction of sp³-hybridized carbons (Fsp3) is 0.562. The van der Waals surface area contributed by atoms with Gasteiger partial charge in [-0.25, -0.2) is 8.42 Å². The highest BCUT2D eigenvalue weighted by atomic mass is 35.5. The van der Waals surface area contributed by atoms with Gasteiger partial charge in [0.15, 0.2) is 0 Å². The van der Waals surface area contributed by atoms with Crippen molar-refractivity contribution in [2.45, 2.75) is 38.1 Å². The maximum Gasteiger partial charge on any atom is 0.243 e. The van der Waals surface area contributed by atoms with Crippen molar-refractivity contribution >= 4 is 56.4 Å². The van der Waals surface area contributed by atoms with Gasteiger partial charge < -0.3 is 4.90 Å². The van der Waals surface area contributed by atoms with Gasteiger partial charge in [-0.15, -0.1) is 0 Å². The van der Waals surface area contributed by atoms with Crippen LogP contribution in [0.5, 0.6) is 0 Å². The quantitative estimate of drug-likeness (QED) is 0.662. The van der Waals surface area contributed by atoms with Gasteiger partial charge in [0.05, 0.1) is 27.0 Å². The number of amides is 1. The topological polar surface area (TPSA) is 57.7 Å². The summed E-state index contributed by atoms with van der Waals surface area (Å²) in [5.41, 5.74) is 0.143. The molecule has 2 rings (SSSR count). The van der Waals surface area contributed by atoms with E-state index < -0.39 is 10.0 Å². The minimum Gasteiger partial charge on any atom is -0.341 e. The summed E-state index contributed by atoms with van der Waals surface area (Å²) in [6, 6.07) is 2.88. The first-order chi connectivity index (χ1) is 11.6. The Kier molecular flexibility index (Phi) is 6.87. The average molecular weight is 428 g/mol. The van der Waals surface area contributed by atoms with Crippen molar-refractivity contribution in [3.05, 3.63) is 27.2 Å². The van der Waals surface area contributed by atoms with Crippen LogP contribution in [0, 0.1) is 0 Å². The van der Waals surface area contributed by atoms with Crippen LogP contribution in [0.3, 0.4) is 0 Å². The second-order valence-electron chi connectivity index (χ2n) is 6.28.